The molecule has 18 heteroatoms. The molecule has 2 aliphatic heterocycles. The Kier molecular flexibility index (Phi) is 11.4. The SMILES string of the molecule is NN=CN1CCC[C@@H](CNC(=O)C[C@H](NS(=O)(=O)N2CCOCC2)C(=O)N(CCNC(=O)c2nccnc2N)C2CC2)C1. The second-order valence-electron chi connectivity index (χ2n) is 10.8. The average molecular weight is 624 g/mol. The normalized spacial score (nSPS) is 20.5. The average Bonchev–Trinajstić information content (AvgIpc) is 3.84. The van der Waals surface area contributed by atoms with Gasteiger partial charge in [-0.1, -0.05) is 0 Å². The highest BCUT2D eigenvalue weighted by atomic mass is 32.2. The molecular weight excluding hydrogens is 582 g/mol. The number of rotatable bonds is 14. The second-order valence-corrected chi connectivity index (χ2v) is 12.5. The van der Waals surface area contributed by atoms with Crippen molar-refractivity contribution in [2.75, 3.05) is 64.8 Å². The van der Waals surface area contributed by atoms with E-state index in [-0.39, 0.29) is 69.3 Å². The summed E-state index contributed by atoms with van der Waals surface area (Å²) in [4.78, 5) is 50.7. The van der Waals surface area contributed by atoms with Crippen molar-refractivity contribution in [3.8, 4) is 0 Å². The first-order valence-corrected chi connectivity index (χ1v) is 15.9. The molecule has 1 saturated carbocycles. The summed E-state index contributed by atoms with van der Waals surface area (Å²) in [5.74, 6) is 3.87. The van der Waals surface area contributed by atoms with Crippen molar-refractivity contribution in [2.24, 2.45) is 16.9 Å². The summed E-state index contributed by atoms with van der Waals surface area (Å²) < 4.78 is 35.4. The Morgan fingerprint density at radius 2 is 1.88 bits per heavy atom. The Labute approximate surface area is 250 Å². The van der Waals surface area contributed by atoms with E-state index in [2.05, 4.69) is 30.4 Å². The van der Waals surface area contributed by atoms with Gasteiger partial charge in [-0.25, -0.2) is 9.97 Å². The quantitative estimate of drug-likeness (QED) is 0.0626. The Hall–Kier alpha value is -3.61. The third-order valence-corrected chi connectivity index (χ3v) is 9.14. The third-order valence-electron chi connectivity index (χ3n) is 7.51. The number of anilines is 1. The highest BCUT2D eigenvalue weighted by Gasteiger charge is 2.39. The van der Waals surface area contributed by atoms with Gasteiger partial charge in [-0.2, -0.15) is 22.5 Å². The zero-order chi connectivity index (χ0) is 30.8. The van der Waals surface area contributed by atoms with Crippen LogP contribution in [0, 0.1) is 5.92 Å². The van der Waals surface area contributed by atoms with Crippen molar-refractivity contribution in [3.63, 3.8) is 0 Å². The van der Waals surface area contributed by atoms with Crippen LogP contribution < -0.4 is 26.9 Å². The molecule has 1 aliphatic carbocycles. The Balaban J connectivity index is 1.41. The first kappa shape index (κ1) is 32.3. The minimum atomic E-state index is -4.09. The smallest absolute Gasteiger partial charge is 0.280 e. The highest BCUT2D eigenvalue weighted by molar-refractivity contribution is 7.87. The Morgan fingerprint density at radius 3 is 2.58 bits per heavy atom. The van der Waals surface area contributed by atoms with Crippen molar-refractivity contribution in [1.29, 1.82) is 0 Å². The van der Waals surface area contributed by atoms with E-state index < -0.39 is 34.0 Å². The van der Waals surface area contributed by atoms with Gasteiger partial charge in [0.25, 0.3) is 16.1 Å². The Morgan fingerprint density at radius 1 is 1.14 bits per heavy atom. The summed E-state index contributed by atoms with van der Waals surface area (Å²) in [6.45, 7) is 2.78. The minimum Gasteiger partial charge on any atom is -0.382 e. The number of amides is 3. The van der Waals surface area contributed by atoms with E-state index in [1.54, 1.807) is 6.34 Å². The predicted molar refractivity (Wildman–Crippen MR) is 156 cm³/mol. The summed E-state index contributed by atoms with van der Waals surface area (Å²) in [5, 5.41) is 9.12. The van der Waals surface area contributed by atoms with Crippen LogP contribution in [0.25, 0.3) is 0 Å². The number of aromatic nitrogens is 2. The van der Waals surface area contributed by atoms with Crippen LogP contribution in [0.15, 0.2) is 17.5 Å². The molecule has 0 bridgehead atoms. The number of nitrogens with two attached hydrogens (primary N) is 2. The highest BCUT2D eigenvalue weighted by Crippen LogP contribution is 2.27. The van der Waals surface area contributed by atoms with Gasteiger partial charge in [-0.15, -0.1) is 0 Å². The van der Waals surface area contributed by atoms with Crippen molar-refractivity contribution < 1.29 is 27.5 Å². The number of likely N-dealkylation sites (tertiary alicyclic amines) is 1. The molecule has 1 aromatic heterocycles. The fraction of sp³-hybridized carbons (Fsp3) is 0.680. The number of carbonyl (C=O) groups is 3. The van der Waals surface area contributed by atoms with Crippen LogP contribution in [0.3, 0.4) is 0 Å². The van der Waals surface area contributed by atoms with Crippen LogP contribution >= 0.6 is 0 Å². The summed E-state index contributed by atoms with van der Waals surface area (Å²) >= 11 is 0. The number of carbonyl (C=O) groups excluding carboxylic acids is 3. The predicted octanol–water partition coefficient (Wildman–Crippen LogP) is -2.56. The van der Waals surface area contributed by atoms with Gasteiger partial charge in [0.05, 0.1) is 19.6 Å². The number of nitrogens with zero attached hydrogens (tertiary/aromatic N) is 6. The number of hydrazone groups is 1. The molecule has 4 rings (SSSR count). The molecule has 2 atom stereocenters. The fourth-order valence-electron chi connectivity index (χ4n) is 5.16. The molecular formula is C25H41N11O6S. The number of nitrogen functional groups attached to an aromatic ring is 1. The fourth-order valence-corrected chi connectivity index (χ4v) is 6.48. The van der Waals surface area contributed by atoms with Crippen LogP contribution in [-0.4, -0.2) is 128 Å². The molecule has 0 radical (unpaired) electrons. The molecule has 0 aromatic carbocycles. The molecule has 3 heterocycles. The van der Waals surface area contributed by atoms with Gasteiger partial charge >= 0.3 is 0 Å². The van der Waals surface area contributed by atoms with Crippen LogP contribution in [-0.2, 0) is 24.5 Å². The van der Waals surface area contributed by atoms with Gasteiger partial charge in [-0.3, -0.25) is 14.4 Å². The van der Waals surface area contributed by atoms with E-state index >= 15 is 0 Å². The van der Waals surface area contributed by atoms with Crippen LogP contribution in [0.1, 0.15) is 42.6 Å². The zero-order valence-corrected chi connectivity index (χ0v) is 24.9. The van der Waals surface area contributed by atoms with E-state index in [0.29, 0.717) is 13.1 Å². The topological polar surface area (TPSA) is 231 Å². The van der Waals surface area contributed by atoms with Gasteiger partial charge in [0.1, 0.15) is 12.4 Å². The van der Waals surface area contributed by atoms with Crippen molar-refractivity contribution in [2.45, 2.75) is 44.2 Å². The van der Waals surface area contributed by atoms with Crippen LogP contribution in [0.5, 0.6) is 0 Å². The molecule has 7 N–H and O–H groups in total. The Bertz CT molecular complexity index is 1260. The standard InChI is InChI=1S/C25H41N11O6S/c26-23-22(28-5-6-29-23)24(38)30-7-9-36(19-3-4-19)25(39)20(33-43(40,41)35-10-12-42-13-11-35)14-21(37)31-15-18-2-1-8-34(16-18)17-32-27/h5-6,17-20,33H,1-4,7-16,27H2,(H2,26,29)(H,30,38)(H,31,37)/t18-,20-/m0/s1. The van der Waals surface area contributed by atoms with E-state index in [9.17, 15) is 22.8 Å². The monoisotopic (exact) mass is 623 g/mol. The zero-order valence-electron chi connectivity index (χ0n) is 24.1. The molecule has 3 aliphatic rings. The molecule has 0 spiro atoms. The van der Waals surface area contributed by atoms with Gasteiger partial charge in [0, 0.05) is 64.2 Å². The largest absolute Gasteiger partial charge is 0.382 e. The van der Waals surface area contributed by atoms with Crippen molar-refractivity contribution in [3.05, 3.63) is 18.1 Å². The molecule has 1 aromatic rings. The third kappa shape index (κ3) is 9.44. The van der Waals surface area contributed by atoms with E-state index in [1.165, 1.54) is 21.6 Å². The molecule has 3 amide bonds. The molecule has 17 nitrogen and oxygen atoms in total. The maximum absolute atomic E-state index is 13.8. The summed E-state index contributed by atoms with van der Waals surface area (Å²) in [5.41, 5.74) is 5.70. The van der Waals surface area contributed by atoms with Crippen LogP contribution in [0.2, 0.25) is 0 Å². The maximum Gasteiger partial charge on any atom is 0.280 e. The molecule has 3 fully saturated rings. The summed E-state index contributed by atoms with van der Waals surface area (Å²) in [6.07, 6.45) is 7.20. The van der Waals surface area contributed by atoms with Crippen molar-refractivity contribution in [1.82, 2.24) is 39.4 Å². The lowest BCUT2D eigenvalue weighted by atomic mass is 9.98. The molecule has 0 unspecified atom stereocenters. The number of hydrogen-bond acceptors (Lipinski definition) is 11. The van der Waals surface area contributed by atoms with E-state index in [1.807, 2.05) is 4.90 Å². The van der Waals surface area contributed by atoms with Crippen LogP contribution in [0.4, 0.5) is 5.82 Å². The number of morpholine rings is 1. The minimum absolute atomic E-state index is 0.0211. The van der Waals surface area contributed by atoms with Gasteiger partial charge in [-0.05, 0) is 31.6 Å². The first-order chi connectivity index (χ1) is 20.7. The van der Waals surface area contributed by atoms with Gasteiger partial charge in [0.2, 0.25) is 11.8 Å². The lowest BCUT2D eigenvalue weighted by Gasteiger charge is -2.32. The lowest BCUT2D eigenvalue weighted by molar-refractivity contribution is -0.136. The van der Waals surface area contributed by atoms with Gasteiger partial charge < -0.3 is 36.7 Å². The molecule has 43 heavy (non-hydrogen) atoms. The van der Waals surface area contributed by atoms with E-state index in [4.69, 9.17) is 16.3 Å². The summed E-state index contributed by atoms with van der Waals surface area (Å²) in [7, 11) is -4.09. The lowest BCUT2D eigenvalue weighted by Crippen LogP contribution is -2.56. The molecule has 238 valence electrons. The second kappa shape index (κ2) is 15.2. The van der Waals surface area contributed by atoms with E-state index in [0.717, 1.165) is 32.2 Å². The summed E-state index contributed by atoms with van der Waals surface area (Å²) in [6, 6.07) is -1.46. The van der Waals surface area contributed by atoms with Crippen molar-refractivity contribution >= 4 is 40.1 Å². The first-order valence-electron chi connectivity index (χ1n) is 14.4. The maximum atomic E-state index is 13.8. The number of piperidine rings is 1. The van der Waals surface area contributed by atoms with Gasteiger partial charge in [0.15, 0.2) is 11.5 Å². The molecule has 2 saturated heterocycles. The number of nitrogens with one attached hydrogen (secondary N) is 3. The number of hydrogen-bond donors (Lipinski definition) is 5. The number of ether oxygens (including phenoxy) is 1.